The second kappa shape index (κ2) is 7.16. The van der Waals surface area contributed by atoms with Crippen LogP contribution in [0.3, 0.4) is 0 Å². The molecule has 0 saturated carbocycles. The molecule has 4 rings (SSSR count). The Kier molecular flexibility index (Phi) is 4.55. The van der Waals surface area contributed by atoms with Crippen LogP contribution in [-0.4, -0.2) is 43.3 Å². The van der Waals surface area contributed by atoms with Gasteiger partial charge in [-0.3, -0.25) is 4.79 Å². The number of ether oxygens (including phenoxy) is 2. The topological polar surface area (TPSA) is 111 Å². The van der Waals surface area contributed by atoms with Crippen molar-refractivity contribution in [3.8, 4) is 22.9 Å². The van der Waals surface area contributed by atoms with E-state index in [1.54, 1.807) is 49.4 Å². The summed E-state index contributed by atoms with van der Waals surface area (Å²) in [5.74, 6) is 1.21. The van der Waals surface area contributed by atoms with Crippen LogP contribution in [0.5, 0.6) is 17.2 Å². The van der Waals surface area contributed by atoms with Crippen LogP contribution in [0.15, 0.2) is 47.6 Å². The fraction of sp³-hybridized carbons (Fsp3) is 0.176. The number of nitrogens with one attached hydrogen (secondary N) is 1. The number of nitrogens with zero attached hydrogens (tertiary/aromatic N) is 4. The number of thioether (sulfide) groups is 1. The highest BCUT2D eigenvalue weighted by molar-refractivity contribution is 8.00. The average molecular weight is 385 g/mol. The Hall–Kier alpha value is -3.27. The zero-order valence-corrected chi connectivity index (χ0v) is 15.0. The second-order valence-corrected chi connectivity index (χ2v) is 7.01. The Morgan fingerprint density at radius 2 is 2.00 bits per heavy atom. The smallest absolute Gasteiger partial charge is 0.237 e. The summed E-state index contributed by atoms with van der Waals surface area (Å²) >= 11 is 1.23. The predicted molar refractivity (Wildman–Crippen MR) is 97.3 cm³/mol. The van der Waals surface area contributed by atoms with E-state index in [-0.39, 0.29) is 18.4 Å². The zero-order chi connectivity index (χ0) is 18.8. The lowest BCUT2D eigenvalue weighted by Crippen LogP contribution is -2.22. The van der Waals surface area contributed by atoms with Crippen LogP contribution < -0.4 is 14.8 Å². The van der Waals surface area contributed by atoms with E-state index < -0.39 is 5.25 Å². The number of fused-ring (bicyclic) bond motifs is 1. The summed E-state index contributed by atoms with van der Waals surface area (Å²) in [5.41, 5.74) is 1.30. The van der Waals surface area contributed by atoms with Gasteiger partial charge in [0.25, 0.3) is 0 Å². The third-order valence-electron chi connectivity index (χ3n) is 3.83. The van der Waals surface area contributed by atoms with Crippen LogP contribution in [0, 0.1) is 0 Å². The van der Waals surface area contributed by atoms with Gasteiger partial charge in [0, 0.05) is 11.8 Å². The Bertz CT molecular complexity index is 976. The maximum absolute atomic E-state index is 12.5. The van der Waals surface area contributed by atoms with Gasteiger partial charge < -0.3 is 19.9 Å². The van der Waals surface area contributed by atoms with Crippen LogP contribution in [0.1, 0.15) is 6.92 Å². The van der Waals surface area contributed by atoms with E-state index in [4.69, 9.17) is 9.47 Å². The van der Waals surface area contributed by atoms with Gasteiger partial charge in [0.05, 0.1) is 10.9 Å². The van der Waals surface area contributed by atoms with Crippen molar-refractivity contribution >= 4 is 23.4 Å². The van der Waals surface area contributed by atoms with E-state index in [0.29, 0.717) is 28.0 Å². The van der Waals surface area contributed by atoms with Crippen molar-refractivity contribution in [1.82, 2.24) is 20.2 Å². The molecule has 0 saturated heterocycles. The van der Waals surface area contributed by atoms with Gasteiger partial charge in [-0.2, -0.15) is 4.68 Å². The summed E-state index contributed by atoms with van der Waals surface area (Å²) in [5, 5.41) is 23.9. The molecule has 10 heteroatoms. The number of hydrogen-bond donors (Lipinski definition) is 2. The molecule has 1 atom stereocenters. The first-order valence-electron chi connectivity index (χ1n) is 8.05. The minimum Gasteiger partial charge on any atom is -0.508 e. The van der Waals surface area contributed by atoms with Crippen molar-refractivity contribution in [2.24, 2.45) is 0 Å². The Morgan fingerprint density at radius 3 is 2.81 bits per heavy atom. The fourth-order valence-electron chi connectivity index (χ4n) is 2.44. The number of phenols is 1. The highest BCUT2D eigenvalue weighted by Crippen LogP contribution is 2.34. The molecule has 0 radical (unpaired) electrons. The van der Waals surface area contributed by atoms with E-state index in [0.717, 1.165) is 0 Å². The molecule has 2 aromatic carbocycles. The van der Waals surface area contributed by atoms with Crippen LogP contribution in [0.25, 0.3) is 5.69 Å². The molecule has 0 spiro atoms. The molecular formula is C17H15N5O4S. The number of anilines is 1. The first kappa shape index (κ1) is 17.2. The monoisotopic (exact) mass is 385 g/mol. The number of hydrogen-bond acceptors (Lipinski definition) is 8. The Balaban J connectivity index is 1.45. The van der Waals surface area contributed by atoms with E-state index in [2.05, 4.69) is 20.8 Å². The van der Waals surface area contributed by atoms with E-state index in [9.17, 15) is 9.90 Å². The SMILES string of the molecule is C[C@H](Sc1nnnn1-c1ccc(O)cc1)C(=O)Nc1ccc2c(c1)OCO2. The molecule has 9 nitrogen and oxygen atoms in total. The van der Waals surface area contributed by atoms with E-state index >= 15 is 0 Å². The average Bonchev–Trinajstić information content (AvgIpc) is 3.31. The molecule has 0 bridgehead atoms. The van der Waals surface area contributed by atoms with Gasteiger partial charge >= 0.3 is 0 Å². The van der Waals surface area contributed by atoms with Crippen molar-refractivity contribution < 1.29 is 19.4 Å². The van der Waals surface area contributed by atoms with Crippen LogP contribution >= 0.6 is 11.8 Å². The number of carbonyl (C=O) groups is 1. The third-order valence-corrected chi connectivity index (χ3v) is 4.86. The van der Waals surface area contributed by atoms with E-state index in [1.165, 1.54) is 16.4 Å². The molecule has 27 heavy (non-hydrogen) atoms. The number of rotatable bonds is 5. The van der Waals surface area contributed by atoms with Crippen molar-refractivity contribution in [1.29, 1.82) is 0 Å². The summed E-state index contributed by atoms with van der Waals surface area (Å²) < 4.78 is 12.1. The number of carbonyl (C=O) groups excluding carboxylic acids is 1. The molecule has 0 unspecified atom stereocenters. The van der Waals surface area contributed by atoms with Gasteiger partial charge in [-0.15, -0.1) is 5.10 Å². The number of phenolic OH excluding ortho intramolecular Hbond substituents is 1. The molecule has 0 aliphatic carbocycles. The highest BCUT2D eigenvalue weighted by atomic mass is 32.2. The van der Waals surface area contributed by atoms with Gasteiger partial charge in [-0.05, 0) is 53.7 Å². The van der Waals surface area contributed by atoms with Crippen molar-refractivity contribution in [2.75, 3.05) is 12.1 Å². The molecule has 1 aromatic heterocycles. The minimum absolute atomic E-state index is 0.150. The number of amides is 1. The third kappa shape index (κ3) is 3.65. The maximum atomic E-state index is 12.5. The molecule has 1 aliphatic heterocycles. The van der Waals surface area contributed by atoms with Crippen LogP contribution in [0.2, 0.25) is 0 Å². The molecule has 1 amide bonds. The van der Waals surface area contributed by atoms with Crippen LogP contribution in [-0.2, 0) is 4.79 Å². The molecule has 2 heterocycles. The molecule has 1 aliphatic rings. The van der Waals surface area contributed by atoms with Crippen molar-refractivity contribution in [2.45, 2.75) is 17.3 Å². The summed E-state index contributed by atoms with van der Waals surface area (Å²) in [6.45, 7) is 1.95. The lowest BCUT2D eigenvalue weighted by Gasteiger charge is -2.12. The Labute approximate surface area is 158 Å². The maximum Gasteiger partial charge on any atom is 0.237 e. The predicted octanol–water partition coefficient (Wildman–Crippen LogP) is 2.22. The second-order valence-electron chi connectivity index (χ2n) is 5.71. The van der Waals surface area contributed by atoms with Crippen LogP contribution in [0.4, 0.5) is 5.69 Å². The molecule has 138 valence electrons. The highest BCUT2D eigenvalue weighted by Gasteiger charge is 2.20. The number of benzene rings is 2. The summed E-state index contributed by atoms with van der Waals surface area (Å²) in [4.78, 5) is 12.5. The van der Waals surface area contributed by atoms with Crippen molar-refractivity contribution in [3.05, 3.63) is 42.5 Å². The zero-order valence-electron chi connectivity index (χ0n) is 14.2. The van der Waals surface area contributed by atoms with Gasteiger partial charge in [0.2, 0.25) is 17.9 Å². The Morgan fingerprint density at radius 1 is 1.22 bits per heavy atom. The summed E-state index contributed by atoms with van der Waals surface area (Å²) in [6.07, 6.45) is 0. The lowest BCUT2D eigenvalue weighted by atomic mass is 10.2. The van der Waals surface area contributed by atoms with Gasteiger partial charge in [-0.25, -0.2) is 0 Å². The summed E-state index contributed by atoms with van der Waals surface area (Å²) in [7, 11) is 0. The standard InChI is InChI=1S/C17H15N5O4S/c1-10(16(24)18-11-2-7-14-15(8-11)26-9-25-14)27-17-19-20-21-22(17)12-3-5-13(23)6-4-12/h2-8,10,23H,9H2,1H3,(H,18,24)/t10-/m0/s1. The first-order valence-corrected chi connectivity index (χ1v) is 8.93. The summed E-state index contributed by atoms with van der Waals surface area (Å²) in [6, 6.07) is 11.7. The number of tetrazole rings is 1. The molecular weight excluding hydrogens is 370 g/mol. The quantitative estimate of drug-likeness (QED) is 0.643. The van der Waals surface area contributed by atoms with Gasteiger partial charge in [0.1, 0.15) is 5.75 Å². The van der Waals surface area contributed by atoms with Crippen molar-refractivity contribution in [3.63, 3.8) is 0 Å². The molecule has 0 fully saturated rings. The number of aromatic hydroxyl groups is 1. The first-order chi connectivity index (χ1) is 13.1. The van der Waals surface area contributed by atoms with E-state index in [1.807, 2.05) is 0 Å². The number of aromatic nitrogens is 4. The molecule has 2 N–H and O–H groups in total. The largest absolute Gasteiger partial charge is 0.508 e. The van der Waals surface area contributed by atoms with Gasteiger partial charge in [-0.1, -0.05) is 11.8 Å². The van der Waals surface area contributed by atoms with Gasteiger partial charge in [0.15, 0.2) is 11.5 Å². The minimum atomic E-state index is -0.447. The molecule has 3 aromatic rings. The lowest BCUT2D eigenvalue weighted by molar-refractivity contribution is -0.115. The normalized spacial score (nSPS) is 13.4. The fourth-order valence-corrected chi connectivity index (χ4v) is 3.25.